The highest BCUT2D eigenvalue weighted by molar-refractivity contribution is 5.94. The number of hydrogen-bond acceptors (Lipinski definition) is 3. The van der Waals surface area contributed by atoms with Crippen LogP contribution in [0.25, 0.3) is 0 Å². The zero-order chi connectivity index (χ0) is 15.5. The Morgan fingerprint density at radius 3 is 2.43 bits per heavy atom. The summed E-state index contributed by atoms with van der Waals surface area (Å²) < 4.78 is 0. The summed E-state index contributed by atoms with van der Waals surface area (Å²) in [6, 6.07) is 12.8. The first-order valence-electron chi connectivity index (χ1n) is 6.89. The zero-order valence-electron chi connectivity index (χ0n) is 12.5. The summed E-state index contributed by atoms with van der Waals surface area (Å²) in [5, 5.41) is 13.3. The molecule has 110 valence electrons. The Morgan fingerprint density at radius 2 is 1.81 bits per heavy atom. The van der Waals surface area contributed by atoms with Gasteiger partial charge in [-0.1, -0.05) is 57.2 Å². The van der Waals surface area contributed by atoms with Gasteiger partial charge in [-0.3, -0.25) is 4.79 Å². The molecule has 0 radical (unpaired) electrons. The molecule has 21 heavy (non-hydrogen) atoms. The Labute approximate surface area is 124 Å². The van der Waals surface area contributed by atoms with Gasteiger partial charge in [0.25, 0.3) is 0 Å². The Kier molecular flexibility index (Phi) is 4.38. The summed E-state index contributed by atoms with van der Waals surface area (Å²) in [5.41, 5.74) is 0.824. The second-order valence-electron chi connectivity index (χ2n) is 5.96. The molecule has 4 heteroatoms. The minimum atomic E-state index is -0.824. The number of carbonyl (C=O) groups excluding carboxylic acids is 1. The summed E-state index contributed by atoms with van der Waals surface area (Å²) in [7, 11) is 0. The van der Waals surface area contributed by atoms with E-state index in [-0.39, 0.29) is 5.91 Å². The van der Waals surface area contributed by atoms with Gasteiger partial charge in [-0.2, -0.15) is 0 Å². The first-order chi connectivity index (χ1) is 9.89. The number of rotatable bonds is 3. The maximum absolute atomic E-state index is 12.1. The van der Waals surface area contributed by atoms with E-state index >= 15 is 0 Å². The smallest absolute Gasteiger partial charge is 0.230 e. The minimum absolute atomic E-state index is 0.136. The summed E-state index contributed by atoms with van der Waals surface area (Å²) in [4.78, 5) is 16.3. The number of aliphatic hydroxyl groups excluding tert-OH is 1. The lowest BCUT2D eigenvalue weighted by atomic mass is 9.95. The normalized spacial score (nSPS) is 12.8. The lowest BCUT2D eigenvalue weighted by molar-refractivity contribution is -0.123. The average Bonchev–Trinajstić information content (AvgIpc) is 2.47. The predicted molar refractivity (Wildman–Crippen MR) is 82.8 cm³/mol. The largest absolute Gasteiger partial charge is 0.384 e. The number of amides is 1. The molecular formula is C17H20N2O2. The molecule has 0 aliphatic carbocycles. The quantitative estimate of drug-likeness (QED) is 0.910. The number of anilines is 1. The van der Waals surface area contributed by atoms with E-state index in [1.165, 1.54) is 0 Å². The summed E-state index contributed by atoms with van der Waals surface area (Å²) in [6.45, 7) is 5.50. The van der Waals surface area contributed by atoms with Crippen molar-refractivity contribution in [3.63, 3.8) is 0 Å². The number of benzene rings is 1. The van der Waals surface area contributed by atoms with Crippen molar-refractivity contribution < 1.29 is 9.90 Å². The van der Waals surface area contributed by atoms with E-state index in [2.05, 4.69) is 10.3 Å². The minimum Gasteiger partial charge on any atom is -0.384 e. The third kappa shape index (κ3) is 3.67. The van der Waals surface area contributed by atoms with E-state index in [0.717, 1.165) is 5.56 Å². The summed E-state index contributed by atoms with van der Waals surface area (Å²) >= 11 is 0. The van der Waals surface area contributed by atoms with Gasteiger partial charge in [-0.25, -0.2) is 4.98 Å². The van der Waals surface area contributed by atoms with Gasteiger partial charge in [0.1, 0.15) is 11.9 Å². The Balaban J connectivity index is 2.31. The van der Waals surface area contributed by atoms with Gasteiger partial charge in [-0.05, 0) is 11.6 Å². The van der Waals surface area contributed by atoms with Crippen LogP contribution in [-0.2, 0) is 4.79 Å². The lowest BCUT2D eigenvalue weighted by Crippen LogP contribution is -2.28. The molecule has 1 aromatic heterocycles. The monoisotopic (exact) mass is 284 g/mol. The van der Waals surface area contributed by atoms with Crippen LogP contribution in [0.2, 0.25) is 0 Å². The molecule has 0 aliphatic rings. The van der Waals surface area contributed by atoms with Gasteiger partial charge in [0, 0.05) is 17.2 Å². The van der Waals surface area contributed by atoms with Crippen molar-refractivity contribution in [3.8, 4) is 0 Å². The van der Waals surface area contributed by atoms with E-state index in [1.807, 2.05) is 51.1 Å². The molecule has 2 aromatic rings. The third-order valence-electron chi connectivity index (χ3n) is 3.16. The molecule has 4 nitrogen and oxygen atoms in total. The number of nitrogens with zero attached hydrogens (tertiary/aromatic N) is 1. The van der Waals surface area contributed by atoms with Crippen molar-refractivity contribution in [1.82, 2.24) is 4.98 Å². The molecule has 0 saturated heterocycles. The molecule has 0 saturated carbocycles. The Morgan fingerprint density at radius 1 is 1.14 bits per heavy atom. The van der Waals surface area contributed by atoms with Crippen LogP contribution in [0, 0.1) is 5.41 Å². The van der Waals surface area contributed by atoms with Crippen LogP contribution >= 0.6 is 0 Å². The number of nitrogens with one attached hydrogen (secondary N) is 1. The highest BCUT2D eigenvalue weighted by atomic mass is 16.3. The van der Waals surface area contributed by atoms with Crippen LogP contribution in [-0.4, -0.2) is 16.0 Å². The second kappa shape index (κ2) is 6.06. The molecule has 1 heterocycles. The van der Waals surface area contributed by atoms with Crippen molar-refractivity contribution >= 4 is 11.7 Å². The van der Waals surface area contributed by atoms with Crippen LogP contribution in [0.3, 0.4) is 0 Å². The maximum atomic E-state index is 12.1. The molecule has 0 fully saturated rings. The SMILES string of the molecule is CC(C)(C)C(=O)Nc1ncccc1C(O)c1ccccc1. The lowest BCUT2D eigenvalue weighted by Gasteiger charge is -2.20. The fourth-order valence-corrected chi connectivity index (χ4v) is 1.85. The first-order valence-corrected chi connectivity index (χ1v) is 6.89. The molecule has 0 spiro atoms. The van der Waals surface area contributed by atoms with Crippen LogP contribution < -0.4 is 5.32 Å². The summed E-state index contributed by atoms with van der Waals surface area (Å²) in [5.74, 6) is 0.261. The molecule has 1 atom stereocenters. The van der Waals surface area contributed by atoms with E-state index in [1.54, 1.807) is 18.3 Å². The number of carbonyl (C=O) groups is 1. The highest BCUT2D eigenvalue weighted by Crippen LogP contribution is 2.27. The molecule has 2 rings (SSSR count). The number of aromatic nitrogens is 1. The summed E-state index contributed by atoms with van der Waals surface area (Å²) in [6.07, 6.45) is 0.773. The molecular weight excluding hydrogens is 264 g/mol. The topological polar surface area (TPSA) is 62.2 Å². The zero-order valence-corrected chi connectivity index (χ0v) is 12.5. The Hall–Kier alpha value is -2.20. The first kappa shape index (κ1) is 15.2. The van der Waals surface area contributed by atoms with Gasteiger partial charge in [-0.15, -0.1) is 0 Å². The second-order valence-corrected chi connectivity index (χ2v) is 5.96. The van der Waals surface area contributed by atoms with Gasteiger partial charge < -0.3 is 10.4 Å². The van der Waals surface area contributed by atoms with Crippen LogP contribution in [0.5, 0.6) is 0 Å². The van der Waals surface area contributed by atoms with E-state index in [4.69, 9.17) is 0 Å². The van der Waals surface area contributed by atoms with Crippen molar-refractivity contribution in [2.75, 3.05) is 5.32 Å². The predicted octanol–water partition coefficient (Wildman–Crippen LogP) is 3.15. The van der Waals surface area contributed by atoms with Gasteiger partial charge in [0.05, 0.1) is 0 Å². The van der Waals surface area contributed by atoms with Crippen LogP contribution in [0.15, 0.2) is 48.7 Å². The Bertz CT molecular complexity index is 618. The average molecular weight is 284 g/mol. The molecule has 1 aromatic carbocycles. The molecule has 2 N–H and O–H groups in total. The molecule has 0 aliphatic heterocycles. The van der Waals surface area contributed by atoms with Gasteiger partial charge in [0.15, 0.2) is 0 Å². The fraction of sp³-hybridized carbons (Fsp3) is 0.294. The number of aliphatic hydroxyl groups is 1. The van der Waals surface area contributed by atoms with Crippen LogP contribution in [0.1, 0.15) is 38.0 Å². The van der Waals surface area contributed by atoms with Crippen molar-refractivity contribution in [3.05, 3.63) is 59.8 Å². The highest BCUT2D eigenvalue weighted by Gasteiger charge is 2.24. The number of hydrogen-bond donors (Lipinski definition) is 2. The van der Waals surface area contributed by atoms with Gasteiger partial charge in [0.2, 0.25) is 5.91 Å². The van der Waals surface area contributed by atoms with Crippen molar-refractivity contribution in [1.29, 1.82) is 0 Å². The fourth-order valence-electron chi connectivity index (χ4n) is 1.85. The van der Waals surface area contributed by atoms with E-state index in [0.29, 0.717) is 11.4 Å². The van der Waals surface area contributed by atoms with Crippen LogP contribution in [0.4, 0.5) is 5.82 Å². The molecule has 0 bridgehead atoms. The number of pyridine rings is 1. The third-order valence-corrected chi connectivity index (χ3v) is 3.16. The van der Waals surface area contributed by atoms with Crippen molar-refractivity contribution in [2.24, 2.45) is 5.41 Å². The van der Waals surface area contributed by atoms with E-state index in [9.17, 15) is 9.90 Å². The molecule has 1 unspecified atom stereocenters. The maximum Gasteiger partial charge on any atom is 0.230 e. The van der Waals surface area contributed by atoms with Gasteiger partial charge >= 0.3 is 0 Å². The van der Waals surface area contributed by atoms with Crippen molar-refractivity contribution in [2.45, 2.75) is 26.9 Å². The standard InChI is InChI=1S/C17H20N2O2/c1-17(2,3)16(21)19-15-13(10-7-11-18-15)14(20)12-8-5-4-6-9-12/h4-11,14,20H,1-3H3,(H,18,19,21). The van der Waals surface area contributed by atoms with E-state index < -0.39 is 11.5 Å². The molecule has 1 amide bonds.